The first-order chi connectivity index (χ1) is 11.2. The van der Waals surface area contributed by atoms with Crippen LogP contribution < -0.4 is 0 Å². The molecule has 2 aliphatic rings. The smallest absolute Gasteiger partial charge is 0.126 e. The number of hydrogen-bond donors (Lipinski definition) is 0. The summed E-state index contributed by atoms with van der Waals surface area (Å²) in [5, 5.41) is 0. The first-order valence-electron chi connectivity index (χ1n) is 8.47. The molecule has 0 spiro atoms. The summed E-state index contributed by atoms with van der Waals surface area (Å²) in [7, 11) is 0. The van der Waals surface area contributed by atoms with Gasteiger partial charge in [0.1, 0.15) is 5.82 Å². The lowest BCUT2D eigenvalue weighted by atomic mass is 10.2. The van der Waals surface area contributed by atoms with E-state index < -0.39 is 0 Å². The highest BCUT2D eigenvalue weighted by Crippen LogP contribution is 2.30. The molecule has 0 amide bonds. The molecule has 2 aromatic heterocycles. The summed E-state index contributed by atoms with van der Waals surface area (Å²) in [6.07, 6.45) is 4.68. The number of fused-ring (bicyclic) bond motifs is 1. The van der Waals surface area contributed by atoms with Crippen molar-refractivity contribution < 1.29 is 4.74 Å². The Labute approximate surface area is 141 Å². The molecule has 1 atom stereocenters. The molecule has 0 bridgehead atoms. The molecular weight excluding hydrogens is 308 g/mol. The van der Waals surface area contributed by atoms with Gasteiger partial charge in [-0.15, -0.1) is 11.3 Å². The number of nitrogens with zero attached hydrogens (tertiary/aromatic N) is 4. The van der Waals surface area contributed by atoms with Gasteiger partial charge in [-0.3, -0.25) is 4.90 Å². The van der Waals surface area contributed by atoms with Crippen LogP contribution in [-0.4, -0.2) is 32.6 Å². The number of ether oxygens (including phenoxy) is 1. The summed E-state index contributed by atoms with van der Waals surface area (Å²) >= 11 is 1.75. The summed E-state index contributed by atoms with van der Waals surface area (Å²) in [6, 6.07) is 0.336. The molecule has 23 heavy (non-hydrogen) atoms. The SMILES string of the molecule is Cc1ncsc1CN1CCn2c(COCC3CC3)cnc2[C@H]1C. The second kappa shape index (κ2) is 6.34. The summed E-state index contributed by atoms with van der Waals surface area (Å²) in [5.74, 6) is 1.99. The van der Waals surface area contributed by atoms with E-state index in [1.54, 1.807) is 11.3 Å². The molecule has 4 rings (SSSR count). The van der Waals surface area contributed by atoms with Crippen LogP contribution in [0.15, 0.2) is 11.7 Å². The zero-order chi connectivity index (χ0) is 15.8. The molecular formula is C17H24N4OS. The fourth-order valence-corrected chi connectivity index (χ4v) is 4.01. The molecule has 6 heteroatoms. The molecule has 0 saturated heterocycles. The van der Waals surface area contributed by atoms with E-state index in [-0.39, 0.29) is 0 Å². The van der Waals surface area contributed by atoms with Crippen molar-refractivity contribution in [1.29, 1.82) is 0 Å². The number of imidazole rings is 1. The summed E-state index contributed by atoms with van der Waals surface area (Å²) in [5.41, 5.74) is 4.32. The molecule has 1 aliphatic carbocycles. The van der Waals surface area contributed by atoms with Crippen molar-refractivity contribution in [2.45, 2.75) is 52.4 Å². The van der Waals surface area contributed by atoms with E-state index in [4.69, 9.17) is 4.74 Å². The minimum Gasteiger partial charge on any atom is -0.375 e. The quantitative estimate of drug-likeness (QED) is 0.815. The van der Waals surface area contributed by atoms with Crippen LogP contribution in [0, 0.1) is 12.8 Å². The van der Waals surface area contributed by atoms with Crippen LogP contribution in [0.5, 0.6) is 0 Å². The van der Waals surface area contributed by atoms with Gasteiger partial charge in [0.25, 0.3) is 0 Å². The van der Waals surface area contributed by atoms with E-state index in [2.05, 4.69) is 33.3 Å². The van der Waals surface area contributed by atoms with Crippen LogP contribution in [0.3, 0.4) is 0 Å². The number of hydrogen-bond acceptors (Lipinski definition) is 5. The van der Waals surface area contributed by atoms with Crippen molar-refractivity contribution in [1.82, 2.24) is 19.4 Å². The lowest BCUT2D eigenvalue weighted by Gasteiger charge is -2.34. The number of aromatic nitrogens is 3. The average Bonchev–Trinajstić information content (AvgIpc) is 3.14. The Hall–Kier alpha value is -1.24. The number of thiazole rings is 1. The van der Waals surface area contributed by atoms with Crippen molar-refractivity contribution in [3.05, 3.63) is 33.8 Å². The Kier molecular flexibility index (Phi) is 4.22. The van der Waals surface area contributed by atoms with Crippen LogP contribution in [0.2, 0.25) is 0 Å². The lowest BCUT2D eigenvalue weighted by molar-refractivity contribution is 0.101. The molecule has 0 N–H and O–H groups in total. The van der Waals surface area contributed by atoms with Gasteiger partial charge in [0.05, 0.1) is 35.7 Å². The van der Waals surface area contributed by atoms with E-state index in [1.807, 2.05) is 11.7 Å². The fourth-order valence-electron chi connectivity index (χ4n) is 3.21. The molecule has 1 saturated carbocycles. The molecule has 0 radical (unpaired) electrons. The van der Waals surface area contributed by atoms with E-state index in [0.29, 0.717) is 12.6 Å². The Balaban J connectivity index is 1.43. The largest absolute Gasteiger partial charge is 0.375 e. The van der Waals surface area contributed by atoms with E-state index >= 15 is 0 Å². The van der Waals surface area contributed by atoms with Crippen molar-refractivity contribution in [3.63, 3.8) is 0 Å². The van der Waals surface area contributed by atoms with Gasteiger partial charge in [-0.1, -0.05) is 0 Å². The van der Waals surface area contributed by atoms with Gasteiger partial charge in [-0.2, -0.15) is 0 Å². The van der Waals surface area contributed by atoms with E-state index in [1.165, 1.54) is 29.2 Å². The molecule has 0 aromatic carbocycles. The molecule has 124 valence electrons. The second-order valence-corrected chi connectivity index (χ2v) is 7.66. The summed E-state index contributed by atoms with van der Waals surface area (Å²) in [6.45, 7) is 8.98. The van der Waals surface area contributed by atoms with Gasteiger partial charge in [0, 0.05) is 31.1 Å². The second-order valence-electron chi connectivity index (χ2n) is 6.73. The molecule has 3 heterocycles. The van der Waals surface area contributed by atoms with Gasteiger partial charge in [0.2, 0.25) is 0 Å². The average molecular weight is 332 g/mol. The maximum atomic E-state index is 5.85. The molecule has 5 nitrogen and oxygen atoms in total. The predicted octanol–water partition coefficient (Wildman–Crippen LogP) is 3.15. The summed E-state index contributed by atoms with van der Waals surface area (Å²) in [4.78, 5) is 12.9. The van der Waals surface area contributed by atoms with Crippen LogP contribution in [0.4, 0.5) is 0 Å². The third-order valence-corrected chi connectivity index (χ3v) is 5.91. The van der Waals surface area contributed by atoms with Gasteiger partial charge in [0.15, 0.2) is 0 Å². The standard InChI is InChI=1S/C17H24N4OS/c1-12-16(23-11-19-12)8-20-5-6-21-15(7-18-17(21)13(20)2)10-22-9-14-3-4-14/h7,11,13-14H,3-6,8-10H2,1-2H3/t13-/m1/s1. The highest BCUT2D eigenvalue weighted by Gasteiger charge is 2.28. The van der Waals surface area contributed by atoms with Gasteiger partial charge in [-0.05, 0) is 32.6 Å². The van der Waals surface area contributed by atoms with Gasteiger partial charge >= 0.3 is 0 Å². The Morgan fingerprint density at radius 1 is 1.30 bits per heavy atom. The predicted molar refractivity (Wildman–Crippen MR) is 90.3 cm³/mol. The number of rotatable bonds is 6. The minimum atomic E-state index is 0.336. The van der Waals surface area contributed by atoms with Crippen molar-refractivity contribution >= 4 is 11.3 Å². The van der Waals surface area contributed by atoms with Gasteiger partial charge in [-0.25, -0.2) is 9.97 Å². The monoisotopic (exact) mass is 332 g/mol. The first kappa shape index (κ1) is 15.3. The minimum absolute atomic E-state index is 0.336. The van der Waals surface area contributed by atoms with Crippen LogP contribution >= 0.6 is 11.3 Å². The Morgan fingerprint density at radius 3 is 2.91 bits per heavy atom. The van der Waals surface area contributed by atoms with Gasteiger partial charge < -0.3 is 9.30 Å². The first-order valence-corrected chi connectivity index (χ1v) is 9.35. The van der Waals surface area contributed by atoms with Crippen LogP contribution in [0.1, 0.15) is 47.9 Å². The number of aryl methyl sites for hydroxylation is 1. The maximum Gasteiger partial charge on any atom is 0.126 e. The fraction of sp³-hybridized carbons (Fsp3) is 0.647. The topological polar surface area (TPSA) is 43.2 Å². The molecule has 0 unspecified atom stereocenters. The molecule has 1 aliphatic heterocycles. The Bertz CT molecular complexity index is 676. The Morgan fingerprint density at radius 2 is 2.17 bits per heavy atom. The van der Waals surface area contributed by atoms with Crippen molar-refractivity contribution in [2.75, 3.05) is 13.2 Å². The highest BCUT2D eigenvalue weighted by atomic mass is 32.1. The highest BCUT2D eigenvalue weighted by molar-refractivity contribution is 7.09. The van der Waals surface area contributed by atoms with Crippen LogP contribution in [0.25, 0.3) is 0 Å². The van der Waals surface area contributed by atoms with E-state index in [9.17, 15) is 0 Å². The lowest BCUT2D eigenvalue weighted by Crippen LogP contribution is -2.37. The maximum absolute atomic E-state index is 5.85. The zero-order valence-corrected chi connectivity index (χ0v) is 14.7. The van der Waals surface area contributed by atoms with Crippen LogP contribution in [-0.2, 0) is 24.4 Å². The third kappa shape index (κ3) is 3.20. The van der Waals surface area contributed by atoms with Crippen molar-refractivity contribution in [2.24, 2.45) is 5.92 Å². The van der Waals surface area contributed by atoms with E-state index in [0.717, 1.165) is 37.9 Å². The summed E-state index contributed by atoms with van der Waals surface area (Å²) < 4.78 is 8.20. The molecule has 2 aromatic rings. The zero-order valence-electron chi connectivity index (χ0n) is 13.9. The third-order valence-electron chi connectivity index (χ3n) is 4.99. The normalized spacial score (nSPS) is 21.6. The molecule has 1 fully saturated rings. The van der Waals surface area contributed by atoms with Crippen molar-refractivity contribution in [3.8, 4) is 0 Å².